The molecule has 1 rings (SSSR count). The van der Waals surface area contributed by atoms with Gasteiger partial charge in [-0.2, -0.15) is 26.3 Å². The summed E-state index contributed by atoms with van der Waals surface area (Å²) in [5.41, 5.74) is 5.23. The molecule has 0 aromatic carbocycles. The number of Topliss-reactive ketones (excluding diaryl/α,β-unsaturated/α-hetero) is 1. The van der Waals surface area contributed by atoms with Crippen molar-refractivity contribution >= 4 is 23.1 Å². The maximum absolute atomic E-state index is 12.0. The van der Waals surface area contributed by atoms with Crippen LogP contribution in [0.5, 0.6) is 0 Å². The number of carboxylic acids is 1. The molecular formula is C10H9F6NO3S. The van der Waals surface area contributed by atoms with Crippen LogP contribution in [0, 0.1) is 0 Å². The van der Waals surface area contributed by atoms with Crippen LogP contribution in [-0.4, -0.2) is 35.8 Å². The molecule has 0 saturated heterocycles. The fourth-order valence-electron chi connectivity index (χ4n) is 0.916. The molecule has 0 amide bonds. The van der Waals surface area contributed by atoms with E-state index in [0.717, 1.165) is 11.3 Å². The van der Waals surface area contributed by atoms with Crippen molar-refractivity contribution in [2.75, 3.05) is 6.54 Å². The highest BCUT2D eigenvalue weighted by Crippen LogP contribution is 2.26. The lowest BCUT2D eigenvalue weighted by molar-refractivity contribution is -0.192. The lowest BCUT2D eigenvalue weighted by Gasteiger charge is -2.01. The van der Waals surface area contributed by atoms with Gasteiger partial charge in [0.25, 0.3) is 5.78 Å². The lowest BCUT2D eigenvalue weighted by atomic mass is 10.3. The van der Waals surface area contributed by atoms with E-state index in [2.05, 4.69) is 0 Å². The minimum Gasteiger partial charge on any atom is -0.475 e. The zero-order valence-corrected chi connectivity index (χ0v) is 10.9. The Kier molecular flexibility index (Phi) is 6.83. The molecule has 0 saturated carbocycles. The fourth-order valence-corrected chi connectivity index (χ4v) is 1.90. The molecule has 0 aliphatic rings. The van der Waals surface area contributed by atoms with Crippen LogP contribution in [0.1, 0.15) is 14.5 Å². The van der Waals surface area contributed by atoms with Gasteiger partial charge in [0, 0.05) is 4.88 Å². The third-order valence-corrected chi connectivity index (χ3v) is 2.92. The number of hydrogen-bond donors (Lipinski definition) is 2. The van der Waals surface area contributed by atoms with Crippen molar-refractivity contribution < 1.29 is 41.0 Å². The molecule has 0 aliphatic carbocycles. The Labute approximate surface area is 118 Å². The van der Waals surface area contributed by atoms with Gasteiger partial charge in [0.05, 0.1) is 4.88 Å². The van der Waals surface area contributed by atoms with E-state index in [1.807, 2.05) is 0 Å². The summed E-state index contributed by atoms with van der Waals surface area (Å²) in [4.78, 5) is 20.1. The number of rotatable bonds is 3. The zero-order chi connectivity index (χ0) is 16.8. The van der Waals surface area contributed by atoms with Crippen LogP contribution in [0.2, 0.25) is 0 Å². The van der Waals surface area contributed by atoms with E-state index in [0.29, 0.717) is 17.8 Å². The molecule has 21 heavy (non-hydrogen) atoms. The number of carbonyl (C=O) groups excluding carboxylic acids is 1. The third-order valence-electron chi connectivity index (χ3n) is 1.78. The highest BCUT2D eigenvalue weighted by Gasteiger charge is 2.40. The van der Waals surface area contributed by atoms with Crippen LogP contribution in [-0.2, 0) is 11.2 Å². The number of nitrogens with two attached hydrogens (primary N) is 1. The summed E-state index contributed by atoms with van der Waals surface area (Å²) in [6.45, 7) is 0.361. The normalized spacial score (nSPS) is 11.6. The predicted molar refractivity (Wildman–Crippen MR) is 61.2 cm³/mol. The number of aliphatic carboxylic acids is 1. The molecule has 0 aliphatic heterocycles. The molecule has 0 bridgehead atoms. The lowest BCUT2D eigenvalue weighted by Crippen LogP contribution is -2.21. The summed E-state index contributed by atoms with van der Waals surface area (Å²) in [5.74, 6) is -4.54. The van der Waals surface area contributed by atoms with E-state index in [-0.39, 0.29) is 4.88 Å². The van der Waals surface area contributed by atoms with Gasteiger partial charge in [0.2, 0.25) is 0 Å². The molecule has 0 atom stereocenters. The molecule has 0 spiro atoms. The molecule has 120 valence electrons. The van der Waals surface area contributed by atoms with Crippen LogP contribution >= 0.6 is 11.3 Å². The van der Waals surface area contributed by atoms with Crippen LogP contribution in [0.4, 0.5) is 26.3 Å². The monoisotopic (exact) mass is 337 g/mol. The van der Waals surface area contributed by atoms with Crippen molar-refractivity contribution in [3.05, 3.63) is 21.9 Å². The van der Waals surface area contributed by atoms with Crippen molar-refractivity contribution in [3.63, 3.8) is 0 Å². The van der Waals surface area contributed by atoms with Gasteiger partial charge in [-0.1, -0.05) is 0 Å². The van der Waals surface area contributed by atoms with Crippen molar-refractivity contribution in [2.45, 2.75) is 18.8 Å². The van der Waals surface area contributed by atoms with Crippen molar-refractivity contribution in [3.8, 4) is 0 Å². The minimum atomic E-state index is -5.08. The highest BCUT2D eigenvalue weighted by atomic mass is 32.1. The van der Waals surface area contributed by atoms with Crippen LogP contribution in [0.25, 0.3) is 0 Å². The Morgan fingerprint density at radius 1 is 1.10 bits per heavy atom. The van der Waals surface area contributed by atoms with Gasteiger partial charge in [0.1, 0.15) is 0 Å². The topological polar surface area (TPSA) is 80.4 Å². The quantitative estimate of drug-likeness (QED) is 0.656. The first-order valence-corrected chi connectivity index (χ1v) is 5.91. The second-order valence-corrected chi connectivity index (χ2v) is 4.60. The Bertz CT molecular complexity index is 494. The summed E-state index contributed by atoms with van der Waals surface area (Å²) in [7, 11) is 0. The average molecular weight is 337 g/mol. The minimum absolute atomic E-state index is 0.277. The summed E-state index contributed by atoms with van der Waals surface area (Å²) in [6, 6.07) is 2.68. The summed E-state index contributed by atoms with van der Waals surface area (Å²) in [6.07, 6.45) is -9.37. The van der Waals surface area contributed by atoms with Gasteiger partial charge in [-0.05, 0) is 25.1 Å². The third kappa shape index (κ3) is 7.09. The zero-order valence-electron chi connectivity index (χ0n) is 10.1. The Hall–Kier alpha value is -1.62. The Morgan fingerprint density at radius 2 is 1.57 bits per heavy atom. The molecule has 3 N–H and O–H groups in total. The molecule has 1 aromatic rings. The van der Waals surface area contributed by atoms with E-state index >= 15 is 0 Å². The maximum atomic E-state index is 12.0. The van der Waals surface area contributed by atoms with Gasteiger partial charge in [0.15, 0.2) is 0 Å². The first-order chi connectivity index (χ1) is 9.39. The summed E-state index contributed by atoms with van der Waals surface area (Å²) < 4.78 is 67.6. The first-order valence-electron chi connectivity index (χ1n) is 5.10. The van der Waals surface area contributed by atoms with Gasteiger partial charge in [-0.15, -0.1) is 11.3 Å². The van der Waals surface area contributed by atoms with Crippen molar-refractivity contribution in [2.24, 2.45) is 5.73 Å². The van der Waals surface area contributed by atoms with Gasteiger partial charge < -0.3 is 10.8 Å². The van der Waals surface area contributed by atoms with Gasteiger partial charge in [-0.3, -0.25) is 4.79 Å². The molecule has 4 nitrogen and oxygen atoms in total. The average Bonchev–Trinajstić information content (AvgIpc) is 2.75. The largest absolute Gasteiger partial charge is 0.490 e. The second kappa shape index (κ2) is 7.41. The number of carboxylic acid groups (broad SMARTS) is 1. The number of ketones is 1. The van der Waals surface area contributed by atoms with Gasteiger partial charge in [-0.25, -0.2) is 4.79 Å². The number of thiophene rings is 1. The molecule has 11 heteroatoms. The van der Waals surface area contributed by atoms with E-state index in [1.165, 1.54) is 12.1 Å². The second-order valence-electron chi connectivity index (χ2n) is 3.43. The Morgan fingerprint density at radius 3 is 1.90 bits per heavy atom. The first kappa shape index (κ1) is 19.4. The van der Waals surface area contributed by atoms with E-state index < -0.39 is 24.1 Å². The van der Waals surface area contributed by atoms with Crippen LogP contribution < -0.4 is 5.73 Å². The summed E-state index contributed by atoms with van der Waals surface area (Å²) in [5, 5.41) is 7.12. The van der Waals surface area contributed by atoms with E-state index in [4.69, 9.17) is 15.6 Å². The highest BCUT2D eigenvalue weighted by molar-refractivity contribution is 7.14. The number of halogens is 6. The molecule has 1 aromatic heterocycles. The fraction of sp³-hybridized carbons (Fsp3) is 0.400. The maximum Gasteiger partial charge on any atom is 0.490 e. The summed E-state index contributed by atoms with van der Waals surface area (Å²) >= 11 is 0.843. The van der Waals surface area contributed by atoms with Crippen LogP contribution in [0.15, 0.2) is 12.1 Å². The molecule has 1 heterocycles. The number of carbonyl (C=O) groups is 2. The van der Waals surface area contributed by atoms with Gasteiger partial charge >= 0.3 is 18.3 Å². The molecular weight excluding hydrogens is 328 g/mol. The standard InChI is InChI=1S/C8H8F3NOS.C2HF3O2/c9-8(10,11)7(13)6-2-1-5(14-6)3-4-12;3-2(4,5)1(6)7/h1-2H,3-4,12H2;(H,6,7). The van der Waals surface area contributed by atoms with Crippen LogP contribution in [0.3, 0.4) is 0 Å². The predicted octanol–water partition coefficient (Wildman–Crippen LogP) is 2.63. The van der Waals surface area contributed by atoms with Crippen molar-refractivity contribution in [1.29, 1.82) is 0 Å². The van der Waals surface area contributed by atoms with Crippen molar-refractivity contribution in [1.82, 2.24) is 0 Å². The number of alkyl halides is 6. The van der Waals surface area contributed by atoms with E-state index in [9.17, 15) is 31.1 Å². The molecule has 0 fully saturated rings. The number of hydrogen-bond acceptors (Lipinski definition) is 4. The molecule has 0 unspecified atom stereocenters. The SMILES string of the molecule is NCCc1ccc(C(=O)C(F)(F)F)s1.O=C(O)C(F)(F)F. The smallest absolute Gasteiger partial charge is 0.475 e. The van der Waals surface area contributed by atoms with E-state index in [1.54, 1.807) is 0 Å². The Balaban J connectivity index is 0.000000486. The molecule has 0 radical (unpaired) electrons.